The molecule has 1 aromatic rings. The molecule has 0 atom stereocenters. The Morgan fingerprint density at radius 1 is 1.17 bits per heavy atom. The van der Waals surface area contributed by atoms with Gasteiger partial charge in [-0.3, -0.25) is 4.99 Å². The summed E-state index contributed by atoms with van der Waals surface area (Å²) in [6, 6.07) is 6.71. The Morgan fingerprint density at radius 3 is 2.22 bits per heavy atom. The van der Waals surface area contributed by atoms with Crippen LogP contribution in [0.3, 0.4) is 0 Å². The standard InChI is InChI=1S/C13H18FN3.HI/c14-11-5-3-10(4-6-11)13(7-1-2-8-13)9-17-12(15)16;/h3-6H,1-2,7-9H2,(H4,15,16,17);1H. The van der Waals surface area contributed by atoms with Gasteiger partial charge in [-0.25, -0.2) is 4.39 Å². The van der Waals surface area contributed by atoms with Crippen LogP contribution in [0.25, 0.3) is 0 Å². The van der Waals surface area contributed by atoms with Crippen molar-refractivity contribution in [3.8, 4) is 0 Å². The van der Waals surface area contributed by atoms with E-state index < -0.39 is 0 Å². The Hall–Kier alpha value is -0.850. The van der Waals surface area contributed by atoms with Crippen LogP contribution >= 0.6 is 24.0 Å². The van der Waals surface area contributed by atoms with Gasteiger partial charge < -0.3 is 11.5 Å². The van der Waals surface area contributed by atoms with Gasteiger partial charge in [0.25, 0.3) is 0 Å². The van der Waals surface area contributed by atoms with Crippen LogP contribution in [-0.2, 0) is 5.41 Å². The second-order valence-electron chi connectivity index (χ2n) is 4.74. The highest BCUT2D eigenvalue weighted by Crippen LogP contribution is 2.41. The lowest BCUT2D eigenvalue weighted by Crippen LogP contribution is -2.30. The van der Waals surface area contributed by atoms with Gasteiger partial charge in [-0.1, -0.05) is 25.0 Å². The van der Waals surface area contributed by atoms with Crippen molar-refractivity contribution in [3.05, 3.63) is 35.6 Å². The van der Waals surface area contributed by atoms with Crippen molar-refractivity contribution >= 4 is 29.9 Å². The average Bonchev–Trinajstić information content (AvgIpc) is 2.77. The van der Waals surface area contributed by atoms with Crippen LogP contribution in [0.15, 0.2) is 29.3 Å². The zero-order valence-corrected chi connectivity index (χ0v) is 12.6. The zero-order valence-electron chi connectivity index (χ0n) is 10.2. The summed E-state index contributed by atoms with van der Waals surface area (Å²) in [7, 11) is 0. The Labute approximate surface area is 124 Å². The minimum Gasteiger partial charge on any atom is -0.370 e. The Bertz CT molecular complexity index is 407. The van der Waals surface area contributed by atoms with Gasteiger partial charge in [0, 0.05) is 5.41 Å². The summed E-state index contributed by atoms with van der Waals surface area (Å²) in [5.74, 6) is -0.0814. The number of nitrogens with zero attached hydrogens (tertiary/aromatic N) is 1. The molecule has 0 saturated heterocycles. The lowest BCUT2D eigenvalue weighted by atomic mass is 9.79. The van der Waals surface area contributed by atoms with Gasteiger partial charge >= 0.3 is 0 Å². The van der Waals surface area contributed by atoms with E-state index in [1.165, 1.54) is 25.0 Å². The molecule has 2 rings (SSSR count). The lowest BCUT2D eigenvalue weighted by Gasteiger charge is -2.27. The molecule has 1 aromatic carbocycles. The Kier molecular flexibility index (Phi) is 5.37. The van der Waals surface area contributed by atoms with Gasteiger partial charge in [-0.05, 0) is 30.5 Å². The van der Waals surface area contributed by atoms with Crippen LogP contribution in [0.1, 0.15) is 31.2 Å². The molecule has 5 heteroatoms. The molecule has 18 heavy (non-hydrogen) atoms. The van der Waals surface area contributed by atoms with E-state index in [4.69, 9.17) is 11.5 Å². The number of nitrogens with two attached hydrogens (primary N) is 2. The number of aliphatic imine (C=N–C) groups is 1. The maximum atomic E-state index is 12.9. The normalized spacial score (nSPS) is 16.9. The molecule has 0 amide bonds. The summed E-state index contributed by atoms with van der Waals surface area (Å²) in [5.41, 5.74) is 11.9. The first-order chi connectivity index (χ1) is 8.12. The fourth-order valence-corrected chi connectivity index (χ4v) is 2.64. The van der Waals surface area contributed by atoms with Crippen molar-refractivity contribution in [1.82, 2.24) is 0 Å². The van der Waals surface area contributed by atoms with E-state index in [1.807, 2.05) is 12.1 Å². The molecule has 0 bridgehead atoms. The summed E-state index contributed by atoms with van der Waals surface area (Å²) < 4.78 is 12.9. The molecule has 0 aromatic heterocycles. The minimum atomic E-state index is -0.205. The molecule has 1 aliphatic carbocycles. The van der Waals surface area contributed by atoms with Crippen molar-refractivity contribution in [3.63, 3.8) is 0 Å². The molecule has 0 heterocycles. The van der Waals surface area contributed by atoms with Crippen LogP contribution in [0.4, 0.5) is 4.39 Å². The molecular weight excluding hydrogens is 344 g/mol. The predicted molar refractivity (Wildman–Crippen MR) is 82.6 cm³/mol. The third kappa shape index (κ3) is 3.34. The second-order valence-corrected chi connectivity index (χ2v) is 4.74. The summed E-state index contributed by atoms with van der Waals surface area (Å²) in [5, 5.41) is 0. The molecular formula is C13H19FIN3. The van der Waals surface area contributed by atoms with Gasteiger partial charge in [-0.2, -0.15) is 0 Å². The molecule has 0 aliphatic heterocycles. The zero-order chi connectivity index (χ0) is 12.3. The quantitative estimate of drug-likeness (QED) is 0.493. The summed E-state index contributed by atoms with van der Waals surface area (Å²) >= 11 is 0. The smallest absolute Gasteiger partial charge is 0.185 e. The molecule has 0 spiro atoms. The maximum Gasteiger partial charge on any atom is 0.185 e. The van der Waals surface area contributed by atoms with Crippen LogP contribution in [0.5, 0.6) is 0 Å². The van der Waals surface area contributed by atoms with Gasteiger partial charge in [-0.15, -0.1) is 24.0 Å². The number of hydrogen-bond donors (Lipinski definition) is 2. The van der Waals surface area contributed by atoms with Gasteiger partial charge in [0.1, 0.15) is 5.82 Å². The number of hydrogen-bond acceptors (Lipinski definition) is 1. The number of guanidine groups is 1. The number of benzene rings is 1. The Morgan fingerprint density at radius 2 is 1.72 bits per heavy atom. The monoisotopic (exact) mass is 363 g/mol. The van der Waals surface area contributed by atoms with E-state index >= 15 is 0 Å². The van der Waals surface area contributed by atoms with Crippen molar-refractivity contribution in [2.24, 2.45) is 16.5 Å². The van der Waals surface area contributed by atoms with E-state index in [1.54, 1.807) is 0 Å². The van der Waals surface area contributed by atoms with Crippen molar-refractivity contribution in [2.75, 3.05) is 6.54 Å². The van der Waals surface area contributed by atoms with E-state index in [2.05, 4.69) is 4.99 Å². The van der Waals surface area contributed by atoms with E-state index in [0.29, 0.717) is 6.54 Å². The topological polar surface area (TPSA) is 64.4 Å². The van der Waals surface area contributed by atoms with E-state index in [-0.39, 0.29) is 41.2 Å². The highest BCUT2D eigenvalue weighted by atomic mass is 127. The van der Waals surface area contributed by atoms with Gasteiger partial charge in [0.05, 0.1) is 6.54 Å². The SMILES string of the molecule is I.NC(N)=NCC1(c2ccc(F)cc2)CCCC1. The number of rotatable bonds is 3. The van der Waals surface area contributed by atoms with Crippen molar-refractivity contribution in [1.29, 1.82) is 0 Å². The van der Waals surface area contributed by atoms with Crippen LogP contribution in [-0.4, -0.2) is 12.5 Å². The fourth-order valence-electron chi connectivity index (χ4n) is 2.64. The second kappa shape index (κ2) is 6.36. The average molecular weight is 363 g/mol. The largest absolute Gasteiger partial charge is 0.370 e. The Balaban J connectivity index is 0.00000162. The summed E-state index contributed by atoms with van der Waals surface area (Å²) in [4.78, 5) is 4.16. The van der Waals surface area contributed by atoms with Crippen LogP contribution in [0.2, 0.25) is 0 Å². The van der Waals surface area contributed by atoms with Gasteiger partial charge in [0.15, 0.2) is 5.96 Å². The number of halogens is 2. The summed E-state index contributed by atoms with van der Waals surface area (Å²) in [6.45, 7) is 0.598. The van der Waals surface area contributed by atoms with Crippen LogP contribution < -0.4 is 11.5 Å². The maximum absolute atomic E-state index is 12.9. The predicted octanol–water partition coefficient (Wildman–Crippen LogP) is 2.53. The first-order valence-electron chi connectivity index (χ1n) is 5.94. The van der Waals surface area contributed by atoms with E-state index in [0.717, 1.165) is 18.4 Å². The van der Waals surface area contributed by atoms with E-state index in [9.17, 15) is 4.39 Å². The highest BCUT2D eigenvalue weighted by Gasteiger charge is 2.35. The van der Waals surface area contributed by atoms with Crippen molar-refractivity contribution in [2.45, 2.75) is 31.1 Å². The molecule has 100 valence electrons. The first-order valence-corrected chi connectivity index (χ1v) is 5.94. The molecule has 0 radical (unpaired) electrons. The molecule has 1 fully saturated rings. The molecule has 1 saturated carbocycles. The molecule has 1 aliphatic rings. The first kappa shape index (κ1) is 15.2. The highest BCUT2D eigenvalue weighted by molar-refractivity contribution is 14.0. The molecule has 3 nitrogen and oxygen atoms in total. The molecule has 4 N–H and O–H groups in total. The van der Waals surface area contributed by atoms with Gasteiger partial charge in [0.2, 0.25) is 0 Å². The van der Waals surface area contributed by atoms with Crippen LogP contribution in [0, 0.1) is 5.82 Å². The summed E-state index contributed by atoms with van der Waals surface area (Å²) in [6.07, 6.45) is 4.49. The molecule has 0 unspecified atom stereocenters. The minimum absolute atomic E-state index is 0. The lowest BCUT2D eigenvalue weighted by molar-refractivity contribution is 0.453. The third-order valence-electron chi connectivity index (χ3n) is 3.58. The van der Waals surface area contributed by atoms with Crippen molar-refractivity contribution < 1.29 is 4.39 Å². The third-order valence-corrected chi connectivity index (χ3v) is 3.58. The fraction of sp³-hybridized carbons (Fsp3) is 0.462.